The molecule has 0 saturated carbocycles. The van der Waals surface area contributed by atoms with Crippen LogP contribution < -0.4 is 4.72 Å². The molecule has 7 heteroatoms. The fourth-order valence-electron chi connectivity index (χ4n) is 1.35. The summed E-state index contributed by atoms with van der Waals surface area (Å²) in [6, 6.07) is 2.63. The second-order valence-electron chi connectivity index (χ2n) is 3.30. The van der Waals surface area contributed by atoms with Gasteiger partial charge in [-0.2, -0.15) is 0 Å². The topological polar surface area (TPSA) is 79.6 Å². The van der Waals surface area contributed by atoms with Crippen molar-refractivity contribution in [3.63, 3.8) is 0 Å². The Labute approximate surface area is 101 Å². The third-order valence-electron chi connectivity index (χ3n) is 2.38. The molecule has 0 aliphatic rings. The van der Waals surface area contributed by atoms with E-state index in [0.717, 1.165) is 0 Å². The van der Waals surface area contributed by atoms with Crippen LogP contribution in [0.4, 0.5) is 0 Å². The molecule has 0 aliphatic heterocycles. The number of carbonyl (C=O) groups is 1. The smallest absolute Gasteiger partial charge is 0.289 e. The first-order valence-corrected chi connectivity index (χ1v) is 6.77. The zero-order valence-corrected chi connectivity index (χ0v) is 10.9. The van der Waals surface area contributed by atoms with Crippen molar-refractivity contribution in [1.82, 2.24) is 9.62 Å². The van der Waals surface area contributed by atoms with Crippen molar-refractivity contribution in [3.05, 3.63) is 17.9 Å². The van der Waals surface area contributed by atoms with Gasteiger partial charge in [-0.05, 0) is 33.0 Å². The van der Waals surface area contributed by atoms with Gasteiger partial charge in [0.1, 0.15) is 0 Å². The highest BCUT2D eigenvalue weighted by molar-refractivity contribution is 7.89. The normalized spacial score (nSPS) is 11.5. The van der Waals surface area contributed by atoms with E-state index in [-0.39, 0.29) is 16.8 Å². The number of furan rings is 1. The summed E-state index contributed by atoms with van der Waals surface area (Å²) < 4.78 is 30.0. The van der Waals surface area contributed by atoms with E-state index in [4.69, 9.17) is 4.42 Å². The SMILES string of the molecule is CCN(CC)C(=O)c1ccc(S(=O)(=O)NC)o1. The molecule has 1 heterocycles. The van der Waals surface area contributed by atoms with E-state index in [9.17, 15) is 13.2 Å². The van der Waals surface area contributed by atoms with Gasteiger partial charge >= 0.3 is 0 Å². The van der Waals surface area contributed by atoms with E-state index in [1.807, 2.05) is 13.8 Å². The Morgan fingerprint density at radius 1 is 1.35 bits per heavy atom. The molecule has 1 amide bonds. The molecule has 1 aromatic rings. The van der Waals surface area contributed by atoms with Crippen LogP contribution in [-0.4, -0.2) is 39.4 Å². The van der Waals surface area contributed by atoms with Crippen LogP contribution in [0.15, 0.2) is 21.6 Å². The number of sulfonamides is 1. The van der Waals surface area contributed by atoms with Gasteiger partial charge in [0.2, 0.25) is 5.09 Å². The molecule has 17 heavy (non-hydrogen) atoms. The molecule has 6 nitrogen and oxygen atoms in total. The molecular formula is C10H16N2O4S. The molecule has 0 fully saturated rings. The minimum atomic E-state index is -3.64. The van der Waals surface area contributed by atoms with Crippen molar-refractivity contribution in [1.29, 1.82) is 0 Å². The van der Waals surface area contributed by atoms with Crippen LogP contribution in [0.3, 0.4) is 0 Å². The molecule has 0 spiro atoms. The van der Waals surface area contributed by atoms with Crippen molar-refractivity contribution in [2.45, 2.75) is 18.9 Å². The van der Waals surface area contributed by atoms with E-state index in [0.29, 0.717) is 13.1 Å². The summed E-state index contributed by atoms with van der Waals surface area (Å²) in [6.45, 7) is 4.78. The van der Waals surface area contributed by atoms with E-state index < -0.39 is 10.0 Å². The van der Waals surface area contributed by atoms with E-state index in [2.05, 4.69) is 4.72 Å². The number of rotatable bonds is 5. The van der Waals surface area contributed by atoms with Crippen LogP contribution in [-0.2, 0) is 10.0 Å². The number of carbonyl (C=O) groups excluding carboxylic acids is 1. The maximum atomic E-state index is 11.9. The van der Waals surface area contributed by atoms with Crippen LogP contribution in [0.1, 0.15) is 24.4 Å². The summed E-state index contributed by atoms with van der Waals surface area (Å²) in [5.74, 6) is -0.282. The molecule has 1 rings (SSSR count). The zero-order valence-electron chi connectivity index (χ0n) is 10.1. The third-order valence-corrected chi connectivity index (χ3v) is 3.66. The second kappa shape index (κ2) is 5.33. The summed E-state index contributed by atoms with van der Waals surface area (Å²) in [5.41, 5.74) is 0. The Balaban J connectivity index is 3.00. The predicted octanol–water partition coefficient (Wildman–Crippen LogP) is 0.670. The second-order valence-corrected chi connectivity index (χ2v) is 5.12. The summed E-state index contributed by atoms with van der Waals surface area (Å²) in [4.78, 5) is 13.4. The zero-order chi connectivity index (χ0) is 13.1. The van der Waals surface area contributed by atoms with Crippen LogP contribution in [0, 0.1) is 0 Å². The van der Waals surface area contributed by atoms with E-state index in [1.54, 1.807) is 4.90 Å². The quantitative estimate of drug-likeness (QED) is 0.843. The van der Waals surface area contributed by atoms with Crippen LogP contribution >= 0.6 is 0 Å². The number of nitrogens with one attached hydrogen (secondary N) is 1. The van der Waals surface area contributed by atoms with Crippen molar-refractivity contribution >= 4 is 15.9 Å². The monoisotopic (exact) mass is 260 g/mol. The maximum absolute atomic E-state index is 11.9. The lowest BCUT2D eigenvalue weighted by Gasteiger charge is -2.16. The van der Waals surface area contributed by atoms with Gasteiger partial charge in [-0.15, -0.1) is 0 Å². The number of hydrogen-bond donors (Lipinski definition) is 1. The molecule has 0 bridgehead atoms. The Bertz CT molecular complexity index is 488. The van der Waals surface area contributed by atoms with Gasteiger partial charge in [0.25, 0.3) is 15.9 Å². The van der Waals surface area contributed by atoms with Crippen molar-refractivity contribution < 1.29 is 17.6 Å². The Morgan fingerprint density at radius 2 is 1.94 bits per heavy atom. The number of hydrogen-bond acceptors (Lipinski definition) is 4. The Morgan fingerprint density at radius 3 is 2.41 bits per heavy atom. The molecule has 1 aromatic heterocycles. The summed E-state index contributed by atoms with van der Waals surface area (Å²) >= 11 is 0. The summed E-state index contributed by atoms with van der Waals surface area (Å²) in [7, 11) is -2.36. The fourth-order valence-corrected chi connectivity index (χ4v) is 1.99. The largest absolute Gasteiger partial charge is 0.438 e. The van der Waals surface area contributed by atoms with Gasteiger partial charge in [0, 0.05) is 13.1 Å². The number of amides is 1. The molecule has 0 aromatic carbocycles. The predicted molar refractivity (Wildman–Crippen MR) is 62.2 cm³/mol. The fraction of sp³-hybridized carbons (Fsp3) is 0.500. The van der Waals surface area contributed by atoms with Gasteiger partial charge in [-0.25, -0.2) is 13.1 Å². The van der Waals surface area contributed by atoms with Gasteiger partial charge in [0.05, 0.1) is 0 Å². The first-order chi connectivity index (χ1) is 7.96. The molecule has 0 radical (unpaired) electrons. The molecular weight excluding hydrogens is 244 g/mol. The summed E-state index contributed by atoms with van der Waals surface area (Å²) in [5, 5.41) is -0.254. The Kier molecular flexibility index (Phi) is 4.30. The minimum absolute atomic E-state index is 0.0301. The molecule has 1 N–H and O–H groups in total. The highest BCUT2D eigenvalue weighted by Crippen LogP contribution is 2.15. The van der Waals surface area contributed by atoms with Gasteiger partial charge in [-0.3, -0.25) is 4.79 Å². The van der Waals surface area contributed by atoms with Crippen molar-refractivity contribution in [2.24, 2.45) is 0 Å². The van der Waals surface area contributed by atoms with Crippen molar-refractivity contribution in [3.8, 4) is 0 Å². The lowest BCUT2D eigenvalue weighted by molar-refractivity contribution is 0.0735. The standard InChI is InChI=1S/C10H16N2O4S/c1-4-12(5-2)10(13)8-6-7-9(16-8)17(14,15)11-3/h6-7,11H,4-5H2,1-3H3. The Hall–Kier alpha value is -1.34. The molecule has 0 saturated heterocycles. The molecule has 0 unspecified atom stereocenters. The first-order valence-electron chi connectivity index (χ1n) is 5.28. The van der Waals surface area contributed by atoms with Gasteiger partial charge in [0.15, 0.2) is 5.76 Å². The summed E-state index contributed by atoms with van der Waals surface area (Å²) in [6.07, 6.45) is 0. The molecule has 0 atom stereocenters. The number of nitrogens with zero attached hydrogens (tertiary/aromatic N) is 1. The third kappa shape index (κ3) is 2.86. The maximum Gasteiger partial charge on any atom is 0.289 e. The van der Waals surface area contributed by atoms with Crippen LogP contribution in [0.5, 0.6) is 0 Å². The van der Waals surface area contributed by atoms with E-state index in [1.165, 1.54) is 19.2 Å². The highest BCUT2D eigenvalue weighted by atomic mass is 32.2. The molecule has 0 aliphatic carbocycles. The first kappa shape index (κ1) is 13.7. The average molecular weight is 260 g/mol. The molecule has 96 valence electrons. The highest BCUT2D eigenvalue weighted by Gasteiger charge is 2.21. The van der Waals surface area contributed by atoms with Crippen LogP contribution in [0.25, 0.3) is 0 Å². The van der Waals surface area contributed by atoms with Gasteiger partial charge in [-0.1, -0.05) is 0 Å². The minimum Gasteiger partial charge on any atom is -0.438 e. The van der Waals surface area contributed by atoms with Crippen molar-refractivity contribution in [2.75, 3.05) is 20.1 Å². The average Bonchev–Trinajstić information content (AvgIpc) is 2.80. The van der Waals surface area contributed by atoms with Gasteiger partial charge < -0.3 is 9.32 Å². The lowest BCUT2D eigenvalue weighted by Crippen LogP contribution is -2.30. The van der Waals surface area contributed by atoms with Crippen LogP contribution in [0.2, 0.25) is 0 Å². The lowest BCUT2D eigenvalue weighted by atomic mass is 10.4. The van der Waals surface area contributed by atoms with E-state index >= 15 is 0 Å².